The highest BCUT2D eigenvalue weighted by Gasteiger charge is 2.40. The number of likely N-dealkylation sites (tertiary alicyclic amines) is 1. The van der Waals surface area contributed by atoms with Crippen molar-refractivity contribution >= 4 is 12.1 Å². The van der Waals surface area contributed by atoms with E-state index >= 15 is 0 Å². The molecule has 5 rings (SSSR count). The van der Waals surface area contributed by atoms with Gasteiger partial charge in [0.2, 0.25) is 5.88 Å². The van der Waals surface area contributed by atoms with Crippen molar-refractivity contribution in [2.45, 2.75) is 37.4 Å². The van der Waals surface area contributed by atoms with Gasteiger partial charge in [-0.15, -0.1) is 0 Å². The van der Waals surface area contributed by atoms with Gasteiger partial charge in [-0.05, 0) is 48.6 Å². The second-order valence-electron chi connectivity index (χ2n) is 9.16. The Labute approximate surface area is 207 Å². The summed E-state index contributed by atoms with van der Waals surface area (Å²) in [6.45, 7) is 1.32. The molecule has 0 bridgehead atoms. The number of rotatable bonds is 5. The maximum absolute atomic E-state index is 12.7. The number of hydrogen-bond donors (Lipinski definition) is 1. The van der Waals surface area contributed by atoms with Gasteiger partial charge in [0.15, 0.2) is 0 Å². The van der Waals surface area contributed by atoms with E-state index in [0.29, 0.717) is 24.8 Å². The van der Waals surface area contributed by atoms with Crippen LogP contribution in [0.5, 0.6) is 11.6 Å². The fourth-order valence-corrected chi connectivity index (χ4v) is 4.45. The van der Waals surface area contributed by atoms with E-state index in [1.807, 2.05) is 41.3 Å². The summed E-state index contributed by atoms with van der Waals surface area (Å²) in [5.74, 6) is 0.991. The van der Waals surface area contributed by atoms with E-state index in [9.17, 15) is 18.0 Å². The SMILES string of the molecule is O=C(N[C@H]1CC1c1ccccc1)N1CCC(=Cc2cccc(Oc3ccc(C(F)(F)F)cn3)c2)CC1. The van der Waals surface area contributed by atoms with E-state index in [1.165, 1.54) is 17.2 Å². The van der Waals surface area contributed by atoms with Gasteiger partial charge in [0, 0.05) is 37.3 Å². The molecule has 2 atom stereocenters. The molecule has 1 N–H and O–H groups in total. The molecule has 5 nitrogen and oxygen atoms in total. The number of aromatic nitrogens is 1. The monoisotopic (exact) mass is 493 g/mol. The van der Waals surface area contributed by atoms with Gasteiger partial charge in [0.1, 0.15) is 5.75 Å². The van der Waals surface area contributed by atoms with Crippen LogP contribution in [0.1, 0.15) is 41.9 Å². The molecule has 1 aromatic heterocycles. The molecule has 1 saturated heterocycles. The number of carbonyl (C=O) groups excluding carboxylic acids is 1. The van der Waals surface area contributed by atoms with Crippen molar-refractivity contribution in [3.8, 4) is 11.6 Å². The Balaban J connectivity index is 1.13. The van der Waals surface area contributed by atoms with Gasteiger partial charge in [-0.3, -0.25) is 0 Å². The van der Waals surface area contributed by atoms with E-state index in [0.717, 1.165) is 37.1 Å². The minimum Gasteiger partial charge on any atom is -0.439 e. The fraction of sp³-hybridized carbons (Fsp3) is 0.286. The summed E-state index contributed by atoms with van der Waals surface area (Å²) in [5, 5.41) is 3.16. The number of halogens is 3. The third kappa shape index (κ3) is 5.87. The lowest BCUT2D eigenvalue weighted by Gasteiger charge is -2.28. The van der Waals surface area contributed by atoms with E-state index in [4.69, 9.17) is 4.74 Å². The van der Waals surface area contributed by atoms with Crippen LogP contribution in [0.25, 0.3) is 6.08 Å². The van der Waals surface area contributed by atoms with E-state index in [1.54, 1.807) is 6.07 Å². The third-order valence-electron chi connectivity index (χ3n) is 6.53. The van der Waals surface area contributed by atoms with Crippen molar-refractivity contribution in [3.63, 3.8) is 0 Å². The molecule has 1 aliphatic carbocycles. The van der Waals surface area contributed by atoms with Crippen LogP contribution in [-0.2, 0) is 6.18 Å². The Hall–Kier alpha value is -3.81. The van der Waals surface area contributed by atoms with Gasteiger partial charge in [-0.1, -0.05) is 54.1 Å². The largest absolute Gasteiger partial charge is 0.439 e. The number of nitrogens with zero attached hydrogens (tertiary/aromatic N) is 2. The minimum atomic E-state index is -4.43. The maximum Gasteiger partial charge on any atom is 0.417 e. The number of ether oxygens (including phenoxy) is 1. The van der Waals surface area contributed by atoms with E-state index in [-0.39, 0.29) is 18.0 Å². The average Bonchev–Trinajstić information content (AvgIpc) is 3.64. The van der Waals surface area contributed by atoms with Gasteiger partial charge in [-0.25, -0.2) is 9.78 Å². The number of hydrogen-bond acceptors (Lipinski definition) is 3. The lowest BCUT2D eigenvalue weighted by molar-refractivity contribution is -0.137. The molecule has 0 radical (unpaired) electrons. The molecule has 8 heteroatoms. The van der Waals surface area contributed by atoms with E-state index in [2.05, 4.69) is 28.5 Å². The van der Waals surface area contributed by atoms with Gasteiger partial charge in [0.25, 0.3) is 0 Å². The summed E-state index contributed by atoms with van der Waals surface area (Å²) in [6, 6.07) is 19.9. The van der Waals surface area contributed by atoms with Gasteiger partial charge in [0.05, 0.1) is 5.56 Å². The maximum atomic E-state index is 12.7. The molecule has 1 unspecified atom stereocenters. The van der Waals surface area contributed by atoms with Crippen molar-refractivity contribution < 1.29 is 22.7 Å². The number of piperidine rings is 1. The van der Waals surface area contributed by atoms with Gasteiger partial charge >= 0.3 is 12.2 Å². The molecule has 186 valence electrons. The Kier molecular flexibility index (Phi) is 6.67. The van der Waals surface area contributed by atoms with Crippen molar-refractivity contribution in [2.75, 3.05) is 13.1 Å². The normalized spacial score (nSPS) is 19.5. The second kappa shape index (κ2) is 10.0. The summed E-state index contributed by atoms with van der Waals surface area (Å²) < 4.78 is 43.8. The Bertz CT molecular complexity index is 1230. The van der Waals surface area contributed by atoms with Gasteiger partial charge in [-0.2, -0.15) is 13.2 Å². The van der Waals surface area contributed by atoms with Crippen LogP contribution in [0.4, 0.5) is 18.0 Å². The van der Waals surface area contributed by atoms with Crippen molar-refractivity contribution in [2.24, 2.45) is 0 Å². The first-order chi connectivity index (χ1) is 17.3. The van der Waals surface area contributed by atoms with Crippen LogP contribution in [0, 0.1) is 0 Å². The Morgan fingerprint density at radius 1 is 1.03 bits per heavy atom. The van der Waals surface area contributed by atoms with Crippen molar-refractivity contribution in [1.29, 1.82) is 0 Å². The molecule has 0 spiro atoms. The molecule has 1 saturated carbocycles. The number of pyridine rings is 1. The lowest BCUT2D eigenvalue weighted by atomic mass is 10.0. The Morgan fingerprint density at radius 3 is 2.50 bits per heavy atom. The minimum absolute atomic E-state index is 0.00285. The fourth-order valence-electron chi connectivity index (χ4n) is 4.45. The highest BCUT2D eigenvalue weighted by Crippen LogP contribution is 2.40. The lowest BCUT2D eigenvalue weighted by Crippen LogP contribution is -2.44. The van der Waals surface area contributed by atoms with Crippen LogP contribution < -0.4 is 10.1 Å². The molecule has 2 amide bonds. The number of urea groups is 1. The molecule has 1 aliphatic heterocycles. The Morgan fingerprint density at radius 2 is 1.81 bits per heavy atom. The number of alkyl halides is 3. The predicted octanol–water partition coefficient (Wildman–Crippen LogP) is 6.64. The summed E-state index contributed by atoms with van der Waals surface area (Å²) >= 11 is 0. The molecule has 36 heavy (non-hydrogen) atoms. The van der Waals surface area contributed by atoms with Crippen LogP contribution in [-0.4, -0.2) is 35.0 Å². The van der Waals surface area contributed by atoms with Crippen LogP contribution in [0.15, 0.2) is 78.5 Å². The zero-order chi connectivity index (χ0) is 25.1. The van der Waals surface area contributed by atoms with Crippen molar-refractivity contribution in [3.05, 3.63) is 95.2 Å². The summed E-state index contributed by atoms with van der Waals surface area (Å²) in [5.41, 5.74) is 2.61. The molecule has 2 fully saturated rings. The molecule has 2 aliphatic rings. The molecule has 3 aromatic rings. The topological polar surface area (TPSA) is 54.5 Å². The average molecular weight is 494 g/mol. The van der Waals surface area contributed by atoms with Crippen LogP contribution >= 0.6 is 0 Å². The first-order valence-corrected chi connectivity index (χ1v) is 12.0. The molecule has 2 heterocycles. The highest BCUT2D eigenvalue weighted by atomic mass is 19.4. The highest BCUT2D eigenvalue weighted by molar-refractivity contribution is 5.75. The first kappa shape index (κ1) is 23.9. The molecular weight excluding hydrogens is 467 g/mol. The van der Waals surface area contributed by atoms with Crippen molar-refractivity contribution in [1.82, 2.24) is 15.2 Å². The zero-order valence-electron chi connectivity index (χ0n) is 19.5. The number of carbonyl (C=O) groups is 1. The standard InChI is InChI=1S/C28H26F3N3O2/c29-28(30,31)22-9-10-26(32-18-22)36-23-8-4-5-20(16-23)15-19-11-13-34(14-12-19)27(35)33-25-17-24(25)21-6-2-1-3-7-21/h1-10,15-16,18,24-25H,11-14,17H2,(H,33,35)/t24?,25-/m0/s1. The summed E-state index contributed by atoms with van der Waals surface area (Å²) in [7, 11) is 0. The summed E-state index contributed by atoms with van der Waals surface area (Å²) in [4.78, 5) is 18.3. The third-order valence-corrected chi connectivity index (χ3v) is 6.53. The first-order valence-electron chi connectivity index (χ1n) is 12.0. The number of amides is 2. The smallest absolute Gasteiger partial charge is 0.417 e. The number of benzene rings is 2. The van der Waals surface area contributed by atoms with Gasteiger partial charge < -0.3 is 15.0 Å². The van der Waals surface area contributed by atoms with Crippen LogP contribution in [0.3, 0.4) is 0 Å². The summed E-state index contributed by atoms with van der Waals surface area (Å²) in [6.07, 6.45) is 0.952. The molecular formula is C28H26F3N3O2. The molecule has 2 aromatic carbocycles. The predicted molar refractivity (Wildman–Crippen MR) is 131 cm³/mol. The van der Waals surface area contributed by atoms with E-state index < -0.39 is 11.7 Å². The second-order valence-corrected chi connectivity index (χ2v) is 9.16. The number of nitrogens with one attached hydrogen (secondary N) is 1. The van der Waals surface area contributed by atoms with Crippen LogP contribution in [0.2, 0.25) is 0 Å². The quantitative estimate of drug-likeness (QED) is 0.434. The zero-order valence-corrected chi connectivity index (χ0v) is 19.5.